The van der Waals surface area contributed by atoms with E-state index in [1.807, 2.05) is 13.0 Å². The molecule has 7 nitrogen and oxygen atoms in total. The van der Waals surface area contributed by atoms with Crippen molar-refractivity contribution < 1.29 is 14.4 Å². The van der Waals surface area contributed by atoms with Gasteiger partial charge >= 0.3 is 0 Å². The Labute approximate surface area is 149 Å². The maximum atomic E-state index is 12.0. The van der Waals surface area contributed by atoms with Crippen LogP contribution in [0.25, 0.3) is 0 Å². The van der Waals surface area contributed by atoms with E-state index in [-0.39, 0.29) is 36.5 Å². The zero-order chi connectivity index (χ0) is 17.7. The van der Waals surface area contributed by atoms with Crippen LogP contribution in [0, 0.1) is 6.92 Å². The minimum atomic E-state index is -0.472. The maximum absolute atomic E-state index is 12.0. The molecule has 9 heteroatoms. The average molecular weight is 371 g/mol. The molecule has 1 aromatic carbocycles. The highest BCUT2D eigenvalue weighted by Crippen LogP contribution is 2.20. The number of aryl methyl sites for hydroxylation is 1. The fourth-order valence-corrected chi connectivity index (χ4v) is 3.31. The lowest BCUT2D eigenvalue weighted by Crippen LogP contribution is -2.55. The third-order valence-corrected chi connectivity index (χ3v) is 4.82. The van der Waals surface area contributed by atoms with Crippen molar-refractivity contribution in [3.05, 3.63) is 28.8 Å². The van der Waals surface area contributed by atoms with Gasteiger partial charge < -0.3 is 16.4 Å². The molecule has 24 heavy (non-hydrogen) atoms. The van der Waals surface area contributed by atoms with Gasteiger partial charge in [0.2, 0.25) is 17.7 Å². The van der Waals surface area contributed by atoms with Crippen molar-refractivity contribution in [2.75, 3.05) is 11.1 Å². The van der Waals surface area contributed by atoms with Crippen LogP contribution in [-0.4, -0.2) is 35.0 Å². The van der Waals surface area contributed by atoms with Gasteiger partial charge in [-0.1, -0.05) is 17.7 Å². The fourth-order valence-electron chi connectivity index (χ4n) is 2.23. The van der Waals surface area contributed by atoms with E-state index in [2.05, 4.69) is 16.0 Å². The van der Waals surface area contributed by atoms with E-state index in [1.165, 1.54) is 11.8 Å². The van der Waals surface area contributed by atoms with Gasteiger partial charge in [-0.05, 0) is 24.6 Å². The van der Waals surface area contributed by atoms with Gasteiger partial charge in [0.25, 0.3) is 0 Å². The lowest BCUT2D eigenvalue weighted by molar-refractivity contribution is -0.124. The van der Waals surface area contributed by atoms with Gasteiger partial charge in [0.05, 0.1) is 5.75 Å². The van der Waals surface area contributed by atoms with Gasteiger partial charge in [-0.15, -0.1) is 11.8 Å². The number of nitrogens with two attached hydrogens (primary N) is 1. The summed E-state index contributed by atoms with van der Waals surface area (Å²) in [5.41, 5.74) is 6.25. The first-order chi connectivity index (χ1) is 11.3. The standard InChI is InChI=1S/C15H19ClN4O3S/c1-8-2-3-9(4-11(8)16)18-14(23)7-24-15-19-10(5-12(17)21)6-13(22)20-15/h2-4,10,15,19H,5-7H2,1H3,(H2,17,21)(H,18,23)(H,20,22). The quantitative estimate of drug-likeness (QED) is 0.595. The highest BCUT2D eigenvalue weighted by Gasteiger charge is 2.27. The second-order valence-electron chi connectivity index (χ2n) is 5.51. The van der Waals surface area contributed by atoms with Crippen molar-refractivity contribution in [1.82, 2.24) is 10.6 Å². The number of primary amides is 1. The predicted octanol–water partition coefficient (Wildman–Crippen LogP) is 0.957. The van der Waals surface area contributed by atoms with Gasteiger partial charge in [-0.25, -0.2) is 0 Å². The molecule has 1 fully saturated rings. The Morgan fingerprint density at radius 3 is 2.88 bits per heavy atom. The third-order valence-electron chi connectivity index (χ3n) is 3.40. The normalized spacial score (nSPS) is 20.3. The first kappa shape index (κ1) is 18.6. The predicted molar refractivity (Wildman–Crippen MR) is 94.6 cm³/mol. The van der Waals surface area contributed by atoms with Gasteiger partial charge in [0.15, 0.2) is 0 Å². The van der Waals surface area contributed by atoms with Crippen LogP contribution in [-0.2, 0) is 14.4 Å². The van der Waals surface area contributed by atoms with Crippen molar-refractivity contribution in [3.63, 3.8) is 0 Å². The number of rotatable bonds is 6. The summed E-state index contributed by atoms with van der Waals surface area (Å²) < 4.78 is 0. The number of carbonyl (C=O) groups excluding carboxylic acids is 3. The van der Waals surface area contributed by atoms with Gasteiger partial charge in [0, 0.05) is 29.6 Å². The third kappa shape index (κ3) is 5.70. The number of carbonyl (C=O) groups is 3. The largest absolute Gasteiger partial charge is 0.370 e. The van der Waals surface area contributed by atoms with Crippen LogP contribution >= 0.6 is 23.4 Å². The molecule has 0 radical (unpaired) electrons. The molecule has 0 saturated carbocycles. The molecule has 2 atom stereocenters. The first-order valence-electron chi connectivity index (χ1n) is 7.35. The lowest BCUT2D eigenvalue weighted by atomic mass is 10.1. The molecule has 5 N–H and O–H groups in total. The Kier molecular flexibility index (Phi) is 6.47. The highest BCUT2D eigenvalue weighted by atomic mass is 35.5. The monoisotopic (exact) mass is 370 g/mol. The van der Waals surface area contributed by atoms with E-state index in [1.54, 1.807) is 12.1 Å². The van der Waals surface area contributed by atoms with E-state index < -0.39 is 11.4 Å². The summed E-state index contributed by atoms with van der Waals surface area (Å²) in [5.74, 6) is -0.733. The molecular formula is C15H19ClN4O3S. The maximum Gasteiger partial charge on any atom is 0.234 e. The minimum absolute atomic E-state index is 0.0819. The molecule has 1 heterocycles. The average Bonchev–Trinajstić information content (AvgIpc) is 2.48. The molecule has 3 amide bonds. The molecule has 2 rings (SSSR count). The smallest absolute Gasteiger partial charge is 0.234 e. The molecule has 0 bridgehead atoms. The van der Waals surface area contributed by atoms with Crippen LogP contribution in [0.5, 0.6) is 0 Å². The molecule has 1 aliphatic rings. The summed E-state index contributed by atoms with van der Waals surface area (Å²) in [4.78, 5) is 34.6. The summed E-state index contributed by atoms with van der Waals surface area (Å²) in [6.07, 6.45) is 0.270. The van der Waals surface area contributed by atoms with Crippen molar-refractivity contribution in [2.45, 2.75) is 31.3 Å². The van der Waals surface area contributed by atoms with Crippen LogP contribution < -0.4 is 21.7 Å². The number of amides is 3. The van der Waals surface area contributed by atoms with E-state index in [9.17, 15) is 14.4 Å². The molecule has 1 aromatic rings. The zero-order valence-electron chi connectivity index (χ0n) is 13.1. The summed E-state index contributed by atoms with van der Waals surface area (Å²) >= 11 is 7.24. The zero-order valence-corrected chi connectivity index (χ0v) is 14.7. The Morgan fingerprint density at radius 1 is 1.46 bits per heavy atom. The van der Waals surface area contributed by atoms with Crippen molar-refractivity contribution >= 4 is 46.8 Å². The summed E-state index contributed by atoms with van der Waals surface area (Å²) in [6.45, 7) is 1.88. The fraction of sp³-hybridized carbons (Fsp3) is 0.400. The van der Waals surface area contributed by atoms with Crippen LogP contribution in [0.2, 0.25) is 5.02 Å². The van der Waals surface area contributed by atoms with E-state index in [0.717, 1.165) is 5.56 Å². The molecular weight excluding hydrogens is 352 g/mol. The Hall–Kier alpha value is -1.77. The topological polar surface area (TPSA) is 113 Å². The molecule has 130 valence electrons. The number of halogens is 1. The SMILES string of the molecule is Cc1ccc(NC(=O)CSC2NC(=O)CC(CC(N)=O)N2)cc1Cl. The Morgan fingerprint density at radius 2 is 2.21 bits per heavy atom. The number of thioether (sulfide) groups is 1. The van der Waals surface area contributed by atoms with Crippen LogP contribution in [0.3, 0.4) is 0 Å². The lowest BCUT2D eigenvalue weighted by Gasteiger charge is -2.30. The molecule has 0 spiro atoms. The number of hydrogen-bond acceptors (Lipinski definition) is 5. The van der Waals surface area contributed by atoms with Crippen LogP contribution in [0.1, 0.15) is 18.4 Å². The number of nitrogens with one attached hydrogen (secondary N) is 3. The number of benzene rings is 1. The van der Waals surface area contributed by atoms with Gasteiger partial charge in [0.1, 0.15) is 5.50 Å². The molecule has 1 saturated heterocycles. The van der Waals surface area contributed by atoms with Gasteiger partial charge in [-0.2, -0.15) is 0 Å². The molecule has 1 aliphatic heterocycles. The molecule has 0 aromatic heterocycles. The highest BCUT2D eigenvalue weighted by molar-refractivity contribution is 8.00. The summed E-state index contributed by atoms with van der Waals surface area (Å²) in [7, 11) is 0. The summed E-state index contributed by atoms with van der Waals surface area (Å²) in [6, 6.07) is 4.96. The Bertz CT molecular complexity index is 654. The first-order valence-corrected chi connectivity index (χ1v) is 8.77. The van der Waals surface area contributed by atoms with Crippen LogP contribution in [0.4, 0.5) is 5.69 Å². The van der Waals surface area contributed by atoms with Gasteiger partial charge in [-0.3, -0.25) is 19.7 Å². The summed E-state index contributed by atoms with van der Waals surface area (Å²) in [5, 5.41) is 9.12. The van der Waals surface area contributed by atoms with Crippen molar-refractivity contribution in [2.24, 2.45) is 5.73 Å². The van der Waals surface area contributed by atoms with Crippen LogP contribution in [0.15, 0.2) is 18.2 Å². The number of hydrogen-bond donors (Lipinski definition) is 4. The van der Waals surface area contributed by atoms with E-state index >= 15 is 0 Å². The van der Waals surface area contributed by atoms with Crippen molar-refractivity contribution in [3.8, 4) is 0 Å². The van der Waals surface area contributed by atoms with Crippen molar-refractivity contribution in [1.29, 1.82) is 0 Å². The Balaban J connectivity index is 1.83. The molecule has 0 aliphatic carbocycles. The second kappa shape index (κ2) is 8.36. The van der Waals surface area contributed by atoms with E-state index in [4.69, 9.17) is 17.3 Å². The second-order valence-corrected chi connectivity index (χ2v) is 7.01. The molecule has 2 unspecified atom stereocenters. The number of anilines is 1. The van der Waals surface area contributed by atoms with E-state index in [0.29, 0.717) is 10.7 Å². The minimum Gasteiger partial charge on any atom is -0.370 e.